The molecule has 1 aliphatic heterocycles. The van der Waals surface area contributed by atoms with E-state index in [1.165, 1.54) is 36.4 Å². The Bertz CT molecular complexity index is 1340. The van der Waals surface area contributed by atoms with Crippen LogP contribution in [0.1, 0.15) is 16.1 Å². The minimum Gasteiger partial charge on any atom is -0.456 e. The average molecular weight is 520 g/mol. The summed E-state index contributed by atoms with van der Waals surface area (Å²) in [7, 11) is 0. The number of benzene rings is 2. The van der Waals surface area contributed by atoms with Crippen molar-refractivity contribution in [1.29, 1.82) is 0 Å². The molecule has 0 spiro atoms. The average Bonchev–Trinajstić information content (AvgIpc) is 3.34. The number of carbonyl (C=O) groups is 2. The van der Waals surface area contributed by atoms with Crippen molar-refractivity contribution >= 4 is 75.1 Å². The summed E-state index contributed by atoms with van der Waals surface area (Å²) in [6.07, 6.45) is 1.44. The van der Waals surface area contributed by atoms with E-state index in [9.17, 15) is 19.7 Å². The van der Waals surface area contributed by atoms with Crippen molar-refractivity contribution < 1.29 is 18.9 Å². The third-order valence-corrected chi connectivity index (χ3v) is 6.22. The van der Waals surface area contributed by atoms with Crippen molar-refractivity contribution in [1.82, 2.24) is 10.4 Å². The molecule has 0 aliphatic carbocycles. The van der Waals surface area contributed by atoms with Crippen molar-refractivity contribution in [2.24, 2.45) is 0 Å². The fourth-order valence-corrected chi connectivity index (χ4v) is 4.35. The van der Waals surface area contributed by atoms with E-state index in [1.807, 2.05) is 0 Å². The van der Waals surface area contributed by atoms with Gasteiger partial charge in [-0.2, -0.15) is 5.01 Å². The van der Waals surface area contributed by atoms with Crippen LogP contribution in [-0.2, 0) is 4.79 Å². The Hall–Kier alpha value is -3.18. The summed E-state index contributed by atoms with van der Waals surface area (Å²) in [4.78, 5) is 36.2. The molecule has 1 N–H and O–H groups in total. The molecule has 8 nitrogen and oxygen atoms in total. The third kappa shape index (κ3) is 4.93. The molecule has 2 heterocycles. The number of rotatable bonds is 5. The summed E-state index contributed by atoms with van der Waals surface area (Å²) < 4.78 is 5.82. The van der Waals surface area contributed by atoms with Gasteiger partial charge in [0.15, 0.2) is 4.32 Å². The van der Waals surface area contributed by atoms with Crippen LogP contribution in [0.3, 0.4) is 0 Å². The number of thioether (sulfide) groups is 1. The standard InChI is InChI=1S/C21H11Cl2N3O5S2/c22-12-3-1-11(2-4-12)19(27)24-25-20(28)18(33-21(25)32)10-14-6-8-17(31-14)15-7-5-13(23)9-16(15)26(29)30/h1-10H,(H,24,27)/b18-10+. The number of carbonyl (C=O) groups excluding carboxylic acids is 2. The Balaban J connectivity index is 1.54. The first-order valence-corrected chi connectivity index (χ1v) is 11.1. The van der Waals surface area contributed by atoms with Crippen molar-refractivity contribution in [3.05, 3.63) is 91.0 Å². The quantitative estimate of drug-likeness (QED) is 0.199. The highest BCUT2D eigenvalue weighted by molar-refractivity contribution is 8.26. The molecule has 33 heavy (non-hydrogen) atoms. The van der Waals surface area contributed by atoms with Crippen LogP contribution in [0.25, 0.3) is 17.4 Å². The minimum absolute atomic E-state index is 0.133. The van der Waals surface area contributed by atoms with Crippen LogP contribution >= 0.6 is 47.2 Å². The van der Waals surface area contributed by atoms with Gasteiger partial charge in [-0.1, -0.05) is 35.0 Å². The summed E-state index contributed by atoms with van der Waals surface area (Å²) in [6.45, 7) is 0. The molecule has 1 saturated heterocycles. The number of nitrogens with zero attached hydrogens (tertiary/aromatic N) is 2. The van der Waals surface area contributed by atoms with Gasteiger partial charge in [0.2, 0.25) is 0 Å². The lowest BCUT2D eigenvalue weighted by atomic mass is 10.1. The lowest BCUT2D eigenvalue weighted by molar-refractivity contribution is -0.384. The number of furan rings is 1. The Labute approximate surface area is 206 Å². The topological polar surface area (TPSA) is 106 Å². The molecule has 2 amide bonds. The maximum atomic E-state index is 12.8. The summed E-state index contributed by atoms with van der Waals surface area (Å²) in [5, 5.41) is 13.0. The number of hydrazine groups is 1. The van der Waals surface area contributed by atoms with E-state index in [0.717, 1.165) is 16.8 Å². The zero-order valence-electron chi connectivity index (χ0n) is 16.3. The Morgan fingerprint density at radius 1 is 1.12 bits per heavy atom. The van der Waals surface area contributed by atoms with Crippen LogP contribution in [-0.4, -0.2) is 26.1 Å². The smallest absolute Gasteiger partial charge is 0.285 e. The van der Waals surface area contributed by atoms with Crippen molar-refractivity contribution in [3.8, 4) is 11.3 Å². The van der Waals surface area contributed by atoms with Gasteiger partial charge < -0.3 is 4.42 Å². The zero-order valence-corrected chi connectivity index (χ0v) is 19.4. The van der Waals surface area contributed by atoms with Gasteiger partial charge >= 0.3 is 0 Å². The third-order valence-electron chi connectivity index (χ3n) is 4.44. The molecule has 0 bridgehead atoms. The van der Waals surface area contributed by atoms with Gasteiger partial charge in [-0.3, -0.25) is 25.1 Å². The molecular weight excluding hydrogens is 509 g/mol. The molecule has 0 saturated carbocycles. The van der Waals surface area contributed by atoms with Crippen molar-refractivity contribution in [2.45, 2.75) is 0 Å². The van der Waals surface area contributed by atoms with Crippen LogP contribution in [0.4, 0.5) is 5.69 Å². The second-order valence-electron chi connectivity index (χ2n) is 6.59. The maximum absolute atomic E-state index is 12.8. The van der Waals surface area contributed by atoms with Gasteiger partial charge in [0.1, 0.15) is 11.5 Å². The van der Waals surface area contributed by atoms with Gasteiger partial charge in [0.25, 0.3) is 17.5 Å². The van der Waals surface area contributed by atoms with Crippen LogP contribution < -0.4 is 5.43 Å². The van der Waals surface area contributed by atoms with Gasteiger partial charge in [-0.25, -0.2) is 0 Å². The molecule has 2 aromatic carbocycles. The fourth-order valence-electron chi connectivity index (χ4n) is 2.90. The first kappa shape index (κ1) is 23.0. The predicted octanol–water partition coefficient (Wildman–Crippen LogP) is 5.71. The van der Waals surface area contributed by atoms with Gasteiger partial charge in [-0.05, 0) is 60.7 Å². The van der Waals surface area contributed by atoms with Gasteiger partial charge in [-0.15, -0.1) is 0 Å². The highest BCUT2D eigenvalue weighted by Gasteiger charge is 2.34. The number of amides is 2. The predicted molar refractivity (Wildman–Crippen MR) is 130 cm³/mol. The van der Waals surface area contributed by atoms with E-state index >= 15 is 0 Å². The van der Waals surface area contributed by atoms with Gasteiger partial charge in [0.05, 0.1) is 15.4 Å². The Kier molecular flexibility index (Phi) is 6.52. The van der Waals surface area contributed by atoms with E-state index in [4.69, 9.17) is 39.8 Å². The number of nitro benzene ring substituents is 1. The normalized spacial score (nSPS) is 14.7. The van der Waals surface area contributed by atoms with Crippen LogP contribution in [0.5, 0.6) is 0 Å². The second kappa shape index (κ2) is 9.36. The summed E-state index contributed by atoms with van der Waals surface area (Å²) in [5.74, 6) is -0.558. The zero-order chi connectivity index (χ0) is 23.7. The molecule has 4 rings (SSSR count). The maximum Gasteiger partial charge on any atom is 0.285 e. The first-order chi connectivity index (χ1) is 15.7. The minimum atomic E-state index is -0.558. The SMILES string of the molecule is O=C(NN1C(=O)/C(=C\c2ccc(-c3ccc(Cl)cc3[N+](=O)[O-])o2)SC1=S)c1ccc(Cl)cc1. The van der Waals surface area contributed by atoms with E-state index in [2.05, 4.69) is 5.43 Å². The number of nitrogens with one attached hydrogen (secondary N) is 1. The monoisotopic (exact) mass is 519 g/mol. The van der Waals surface area contributed by atoms with Crippen LogP contribution in [0, 0.1) is 10.1 Å². The fraction of sp³-hybridized carbons (Fsp3) is 0. The summed E-state index contributed by atoms with van der Waals surface area (Å²) >= 11 is 17.9. The molecule has 0 unspecified atom stereocenters. The van der Waals surface area contributed by atoms with E-state index < -0.39 is 16.7 Å². The molecule has 1 aliphatic rings. The largest absolute Gasteiger partial charge is 0.456 e. The van der Waals surface area contributed by atoms with Crippen LogP contribution in [0.2, 0.25) is 10.0 Å². The highest BCUT2D eigenvalue weighted by atomic mass is 35.5. The number of nitro groups is 1. The van der Waals surface area contributed by atoms with E-state index in [0.29, 0.717) is 10.6 Å². The molecule has 12 heteroatoms. The molecule has 1 aromatic heterocycles. The number of halogens is 2. The lowest BCUT2D eigenvalue weighted by Crippen LogP contribution is -2.44. The summed E-state index contributed by atoms with van der Waals surface area (Å²) in [6, 6.07) is 13.5. The first-order valence-electron chi connectivity index (χ1n) is 9.11. The second-order valence-corrected chi connectivity index (χ2v) is 9.13. The summed E-state index contributed by atoms with van der Waals surface area (Å²) in [5.41, 5.74) is 2.80. The van der Waals surface area contributed by atoms with E-state index in [1.54, 1.807) is 24.3 Å². The number of hydrogen-bond donors (Lipinski definition) is 1. The molecule has 0 radical (unpaired) electrons. The Morgan fingerprint density at radius 2 is 1.82 bits per heavy atom. The number of hydrogen-bond acceptors (Lipinski definition) is 7. The molecule has 166 valence electrons. The van der Waals surface area contributed by atoms with Crippen LogP contribution in [0.15, 0.2) is 63.9 Å². The highest BCUT2D eigenvalue weighted by Crippen LogP contribution is 2.36. The molecular formula is C21H11Cl2N3O5S2. The van der Waals surface area contributed by atoms with Crippen molar-refractivity contribution in [2.75, 3.05) is 0 Å². The molecule has 3 aromatic rings. The van der Waals surface area contributed by atoms with Gasteiger partial charge in [0, 0.05) is 27.8 Å². The Morgan fingerprint density at radius 3 is 2.52 bits per heavy atom. The van der Waals surface area contributed by atoms with Crippen molar-refractivity contribution in [3.63, 3.8) is 0 Å². The van der Waals surface area contributed by atoms with E-state index in [-0.39, 0.29) is 37.0 Å². The lowest BCUT2D eigenvalue weighted by Gasteiger charge is -2.15. The molecule has 0 atom stereocenters. The molecule has 1 fully saturated rings. The number of thiocarbonyl (C=S) groups is 1.